The second-order valence-electron chi connectivity index (χ2n) is 3.24. The van der Waals surface area contributed by atoms with Crippen LogP contribution in [0.1, 0.15) is 5.56 Å². The predicted molar refractivity (Wildman–Crippen MR) is 66.3 cm³/mol. The molecule has 0 atom stereocenters. The van der Waals surface area contributed by atoms with Gasteiger partial charge < -0.3 is 4.90 Å². The molecule has 2 rings (SSSR count). The van der Waals surface area contributed by atoms with E-state index in [0.29, 0.717) is 12.3 Å². The monoisotopic (exact) mass is 283 g/mol. The van der Waals surface area contributed by atoms with Crippen LogP contribution in [-0.2, 0) is 11.3 Å². The van der Waals surface area contributed by atoms with E-state index >= 15 is 0 Å². The van der Waals surface area contributed by atoms with Gasteiger partial charge in [-0.15, -0.1) is 11.8 Å². The third-order valence-corrected chi connectivity index (χ3v) is 3.39. The lowest BCUT2D eigenvalue weighted by molar-refractivity contribution is -0.126. The summed E-state index contributed by atoms with van der Waals surface area (Å²) in [5.41, 5.74) is 1.14. The van der Waals surface area contributed by atoms with E-state index < -0.39 is 0 Å². The molecule has 2 nitrogen and oxygen atoms in total. The van der Waals surface area contributed by atoms with Crippen molar-refractivity contribution in [3.63, 3.8) is 0 Å². The van der Waals surface area contributed by atoms with Crippen LogP contribution in [0.15, 0.2) is 40.3 Å². The summed E-state index contributed by atoms with van der Waals surface area (Å²) in [5, 5.41) is 1.96. The standard InChI is InChI=1S/C11H10BrNOS/c12-10-3-1-9(2-4-10)7-13-5-6-15-8-11(13)14/h1-6H,7-8H2. The van der Waals surface area contributed by atoms with Crippen LogP contribution in [0.25, 0.3) is 0 Å². The maximum Gasteiger partial charge on any atom is 0.237 e. The molecule has 0 unspecified atom stereocenters. The number of nitrogens with zero attached hydrogens (tertiary/aromatic N) is 1. The number of rotatable bonds is 2. The van der Waals surface area contributed by atoms with E-state index in [-0.39, 0.29) is 5.91 Å². The fourth-order valence-electron chi connectivity index (χ4n) is 1.33. The van der Waals surface area contributed by atoms with Crippen LogP contribution < -0.4 is 0 Å². The number of thioether (sulfide) groups is 1. The van der Waals surface area contributed by atoms with Crippen molar-refractivity contribution in [2.45, 2.75) is 6.54 Å². The average molecular weight is 284 g/mol. The van der Waals surface area contributed by atoms with Gasteiger partial charge in [0.1, 0.15) is 0 Å². The van der Waals surface area contributed by atoms with Crippen LogP contribution in [0.5, 0.6) is 0 Å². The van der Waals surface area contributed by atoms with Gasteiger partial charge in [-0.05, 0) is 23.1 Å². The number of carbonyl (C=O) groups excluding carboxylic acids is 1. The molecule has 1 aliphatic rings. The maximum absolute atomic E-state index is 11.5. The molecule has 0 N–H and O–H groups in total. The molecule has 0 saturated carbocycles. The first kappa shape index (κ1) is 10.8. The van der Waals surface area contributed by atoms with Gasteiger partial charge in [0.25, 0.3) is 0 Å². The predicted octanol–water partition coefficient (Wildman–Crippen LogP) is 3.00. The van der Waals surface area contributed by atoms with Crippen LogP contribution in [-0.4, -0.2) is 16.6 Å². The Hall–Kier alpha value is -0.740. The van der Waals surface area contributed by atoms with Gasteiger partial charge in [0.15, 0.2) is 0 Å². The van der Waals surface area contributed by atoms with Gasteiger partial charge in [-0.3, -0.25) is 4.79 Å². The van der Waals surface area contributed by atoms with E-state index in [2.05, 4.69) is 15.9 Å². The second-order valence-corrected chi connectivity index (χ2v) is 5.05. The minimum atomic E-state index is 0.172. The van der Waals surface area contributed by atoms with Gasteiger partial charge in [-0.1, -0.05) is 28.1 Å². The van der Waals surface area contributed by atoms with Gasteiger partial charge in [0.2, 0.25) is 5.91 Å². The molecule has 1 aromatic carbocycles. The third kappa shape index (κ3) is 2.86. The Kier molecular flexibility index (Phi) is 3.49. The summed E-state index contributed by atoms with van der Waals surface area (Å²) < 4.78 is 1.06. The highest BCUT2D eigenvalue weighted by atomic mass is 79.9. The molecule has 78 valence electrons. The van der Waals surface area contributed by atoms with Crippen LogP contribution in [0.3, 0.4) is 0 Å². The highest BCUT2D eigenvalue weighted by Gasteiger charge is 2.13. The summed E-state index contributed by atoms with van der Waals surface area (Å²) in [5.74, 6) is 0.720. The van der Waals surface area contributed by atoms with Gasteiger partial charge in [-0.2, -0.15) is 0 Å². The molecule has 1 aliphatic heterocycles. The molecular formula is C11H10BrNOS. The largest absolute Gasteiger partial charge is 0.313 e. The van der Waals surface area contributed by atoms with Gasteiger partial charge in [-0.25, -0.2) is 0 Å². The molecular weight excluding hydrogens is 274 g/mol. The first-order valence-electron chi connectivity index (χ1n) is 4.58. The molecule has 0 aromatic heterocycles. The van der Waals surface area contributed by atoms with Crippen molar-refractivity contribution < 1.29 is 4.79 Å². The summed E-state index contributed by atoms with van der Waals surface area (Å²) >= 11 is 4.93. The van der Waals surface area contributed by atoms with E-state index in [9.17, 15) is 4.79 Å². The lowest BCUT2D eigenvalue weighted by atomic mass is 10.2. The molecule has 0 aliphatic carbocycles. The van der Waals surface area contributed by atoms with E-state index in [1.54, 1.807) is 16.7 Å². The van der Waals surface area contributed by atoms with Crippen LogP contribution in [0, 0.1) is 0 Å². The summed E-state index contributed by atoms with van der Waals surface area (Å²) in [6, 6.07) is 8.02. The molecule has 0 fully saturated rings. The molecule has 1 amide bonds. The number of hydrogen-bond donors (Lipinski definition) is 0. The van der Waals surface area contributed by atoms with Crippen molar-refractivity contribution in [3.8, 4) is 0 Å². The van der Waals surface area contributed by atoms with E-state index in [4.69, 9.17) is 0 Å². The molecule has 0 saturated heterocycles. The molecule has 0 bridgehead atoms. The normalized spacial score (nSPS) is 15.8. The Bertz CT molecular complexity index is 388. The number of amides is 1. The first-order valence-corrected chi connectivity index (χ1v) is 6.42. The van der Waals surface area contributed by atoms with E-state index in [1.807, 2.05) is 35.9 Å². The third-order valence-electron chi connectivity index (χ3n) is 2.13. The fourth-order valence-corrected chi connectivity index (χ4v) is 2.23. The Morgan fingerprint density at radius 1 is 1.33 bits per heavy atom. The highest BCUT2D eigenvalue weighted by Crippen LogP contribution is 2.17. The zero-order valence-corrected chi connectivity index (χ0v) is 10.4. The molecule has 1 heterocycles. The molecule has 4 heteroatoms. The summed E-state index contributed by atoms with van der Waals surface area (Å²) in [7, 11) is 0. The smallest absolute Gasteiger partial charge is 0.237 e. The van der Waals surface area contributed by atoms with Crippen molar-refractivity contribution >= 4 is 33.6 Å². The fraction of sp³-hybridized carbons (Fsp3) is 0.182. The molecule has 0 radical (unpaired) electrons. The van der Waals surface area contributed by atoms with Crippen molar-refractivity contribution in [1.82, 2.24) is 4.90 Å². The lowest BCUT2D eigenvalue weighted by Crippen LogP contribution is -2.28. The zero-order valence-electron chi connectivity index (χ0n) is 8.02. The van der Waals surface area contributed by atoms with Gasteiger partial charge in [0, 0.05) is 10.7 Å². The SMILES string of the molecule is O=C1CSC=CN1Cc1ccc(Br)cc1. The topological polar surface area (TPSA) is 20.3 Å². The van der Waals surface area contributed by atoms with Gasteiger partial charge in [0.05, 0.1) is 12.3 Å². The Balaban J connectivity index is 2.07. The van der Waals surface area contributed by atoms with Crippen LogP contribution in [0.4, 0.5) is 0 Å². The Morgan fingerprint density at radius 2 is 2.07 bits per heavy atom. The molecule has 1 aromatic rings. The second kappa shape index (κ2) is 4.86. The maximum atomic E-state index is 11.5. The number of benzene rings is 1. The van der Waals surface area contributed by atoms with Crippen LogP contribution >= 0.6 is 27.7 Å². The highest BCUT2D eigenvalue weighted by molar-refractivity contribution is 9.10. The van der Waals surface area contributed by atoms with Crippen LogP contribution in [0.2, 0.25) is 0 Å². The van der Waals surface area contributed by atoms with E-state index in [0.717, 1.165) is 10.0 Å². The minimum Gasteiger partial charge on any atom is -0.313 e. The number of hydrogen-bond acceptors (Lipinski definition) is 2. The van der Waals surface area contributed by atoms with Gasteiger partial charge >= 0.3 is 0 Å². The zero-order chi connectivity index (χ0) is 10.7. The van der Waals surface area contributed by atoms with E-state index in [1.165, 1.54) is 0 Å². The number of halogens is 1. The first-order chi connectivity index (χ1) is 7.25. The summed E-state index contributed by atoms with van der Waals surface area (Å²) in [6.07, 6.45) is 1.85. The molecule has 15 heavy (non-hydrogen) atoms. The molecule has 0 spiro atoms. The van der Waals surface area contributed by atoms with Crippen molar-refractivity contribution in [2.24, 2.45) is 0 Å². The summed E-state index contributed by atoms with van der Waals surface area (Å²) in [6.45, 7) is 0.656. The Morgan fingerprint density at radius 3 is 2.73 bits per heavy atom. The Labute approximate surface area is 101 Å². The average Bonchev–Trinajstić information content (AvgIpc) is 2.25. The summed E-state index contributed by atoms with van der Waals surface area (Å²) in [4.78, 5) is 13.3. The van der Waals surface area contributed by atoms with Crippen molar-refractivity contribution in [1.29, 1.82) is 0 Å². The minimum absolute atomic E-state index is 0.172. The lowest BCUT2D eigenvalue weighted by Gasteiger charge is -2.20. The van der Waals surface area contributed by atoms with Crippen molar-refractivity contribution in [2.75, 3.05) is 5.75 Å². The van der Waals surface area contributed by atoms with Crippen molar-refractivity contribution in [3.05, 3.63) is 45.9 Å². The number of carbonyl (C=O) groups is 1. The quantitative estimate of drug-likeness (QED) is 0.832.